The first kappa shape index (κ1) is 9.92. The molecular weight excluding hydrogens is 166 g/mol. The van der Waals surface area contributed by atoms with Gasteiger partial charge in [-0.1, -0.05) is 10.7 Å². The summed E-state index contributed by atoms with van der Waals surface area (Å²) in [5.74, 6) is 1.32. The number of hydrogen-bond donors (Lipinski definition) is 1. The van der Waals surface area contributed by atoms with Crippen molar-refractivity contribution >= 4 is 0 Å². The van der Waals surface area contributed by atoms with Gasteiger partial charge in [0, 0.05) is 6.92 Å². The van der Waals surface area contributed by atoms with Gasteiger partial charge >= 0.3 is 0 Å². The molecule has 1 N–H and O–H groups in total. The Labute approximate surface area is 78.0 Å². The molecule has 0 aliphatic carbocycles. The van der Waals surface area contributed by atoms with Crippen molar-refractivity contribution in [2.75, 3.05) is 6.54 Å². The third-order valence-electron chi connectivity index (χ3n) is 1.58. The molecule has 1 aromatic heterocycles. The maximum absolute atomic E-state index is 4.82. The fraction of sp³-hybridized carbons (Fsp3) is 0.556. The van der Waals surface area contributed by atoms with Crippen LogP contribution in [-0.4, -0.2) is 16.7 Å². The quantitative estimate of drug-likeness (QED) is 0.551. The first-order chi connectivity index (χ1) is 6.18. The zero-order valence-electron chi connectivity index (χ0n) is 8.13. The van der Waals surface area contributed by atoms with E-state index in [4.69, 9.17) is 4.52 Å². The van der Waals surface area contributed by atoms with Crippen molar-refractivity contribution in [2.45, 2.75) is 26.8 Å². The van der Waals surface area contributed by atoms with Gasteiger partial charge in [-0.05, 0) is 19.9 Å². The second kappa shape index (κ2) is 4.77. The Morgan fingerprint density at radius 3 is 2.92 bits per heavy atom. The van der Waals surface area contributed by atoms with Crippen molar-refractivity contribution in [2.24, 2.45) is 0 Å². The molecule has 0 aliphatic heterocycles. The van der Waals surface area contributed by atoms with Gasteiger partial charge in [-0.25, -0.2) is 0 Å². The van der Waals surface area contributed by atoms with E-state index in [0.717, 1.165) is 13.0 Å². The summed E-state index contributed by atoms with van der Waals surface area (Å²) in [5, 5.41) is 6.96. The van der Waals surface area contributed by atoms with Crippen LogP contribution in [0.5, 0.6) is 0 Å². The average Bonchev–Trinajstić information content (AvgIpc) is 2.45. The Balaban J connectivity index is 2.16. The second-order valence-corrected chi connectivity index (χ2v) is 3.11. The minimum atomic E-state index is 0.608. The molecule has 0 radical (unpaired) electrons. The third-order valence-corrected chi connectivity index (χ3v) is 1.58. The summed E-state index contributed by atoms with van der Waals surface area (Å²) in [6.45, 7) is 9.17. The van der Waals surface area contributed by atoms with Crippen molar-refractivity contribution in [1.82, 2.24) is 15.5 Å². The van der Waals surface area contributed by atoms with Crippen LogP contribution >= 0.6 is 0 Å². The lowest BCUT2D eigenvalue weighted by Crippen LogP contribution is -2.15. The van der Waals surface area contributed by atoms with E-state index in [1.54, 1.807) is 6.92 Å². The third kappa shape index (κ3) is 3.85. The Morgan fingerprint density at radius 2 is 2.38 bits per heavy atom. The standard InChI is InChI=1S/C9H15N3O/c1-7(2)4-5-10-6-9-11-8(3)13-12-9/h10H,1,4-6H2,2-3H3. The Kier molecular flexibility index (Phi) is 3.64. The monoisotopic (exact) mass is 181 g/mol. The van der Waals surface area contributed by atoms with Crippen molar-refractivity contribution in [3.8, 4) is 0 Å². The number of nitrogens with zero attached hydrogens (tertiary/aromatic N) is 2. The summed E-state index contributed by atoms with van der Waals surface area (Å²) in [6.07, 6.45) is 0.983. The molecule has 13 heavy (non-hydrogen) atoms. The van der Waals surface area contributed by atoms with Crippen molar-refractivity contribution in [3.05, 3.63) is 23.9 Å². The predicted molar refractivity (Wildman–Crippen MR) is 50.2 cm³/mol. The fourth-order valence-corrected chi connectivity index (χ4v) is 0.915. The molecule has 0 amide bonds. The Morgan fingerprint density at radius 1 is 1.62 bits per heavy atom. The van der Waals surface area contributed by atoms with Crippen LogP contribution < -0.4 is 5.32 Å². The van der Waals surface area contributed by atoms with Gasteiger partial charge in [0.1, 0.15) is 0 Å². The Hall–Kier alpha value is -1.16. The predicted octanol–water partition coefficient (Wildman–Crippen LogP) is 1.43. The van der Waals surface area contributed by atoms with Gasteiger partial charge in [0.15, 0.2) is 5.82 Å². The molecule has 72 valence electrons. The molecule has 0 saturated heterocycles. The lowest BCUT2D eigenvalue weighted by Gasteiger charge is -1.99. The molecule has 1 aromatic rings. The summed E-state index contributed by atoms with van der Waals surface area (Å²) < 4.78 is 4.82. The molecule has 0 bridgehead atoms. The van der Waals surface area contributed by atoms with Gasteiger partial charge in [-0.2, -0.15) is 4.98 Å². The van der Waals surface area contributed by atoms with Gasteiger partial charge < -0.3 is 9.84 Å². The molecule has 0 atom stereocenters. The summed E-state index contributed by atoms with van der Waals surface area (Å²) in [5.41, 5.74) is 1.18. The first-order valence-corrected chi connectivity index (χ1v) is 4.33. The highest BCUT2D eigenvalue weighted by Gasteiger charge is 1.99. The fourth-order valence-electron chi connectivity index (χ4n) is 0.915. The number of nitrogens with one attached hydrogen (secondary N) is 1. The zero-order valence-corrected chi connectivity index (χ0v) is 8.13. The molecule has 0 saturated carbocycles. The van der Waals surface area contributed by atoms with E-state index in [1.165, 1.54) is 5.57 Å². The van der Waals surface area contributed by atoms with Crippen LogP contribution in [-0.2, 0) is 6.54 Å². The van der Waals surface area contributed by atoms with Crippen LogP contribution in [0.4, 0.5) is 0 Å². The highest BCUT2D eigenvalue weighted by Crippen LogP contribution is 1.95. The zero-order chi connectivity index (χ0) is 9.68. The summed E-state index contributed by atoms with van der Waals surface area (Å²) in [4.78, 5) is 4.06. The van der Waals surface area contributed by atoms with E-state index in [2.05, 4.69) is 22.0 Å². The minimum absolute atomic E-state index is 0.608. The lowest BCUT2D eigenvalue weighted by atomic mass is 10.2. The SMILES string of the molecule is C=C(C)CCNCc1noc(C)n1. The van der Waals surface area contributed by atoms with Gasteiger partial charge in [0.2, 0.25) is 5.89 Å². The van der Waals surface area contributed by atoms with Crippen LogP contribution in [0.2, 0.25) is 0 Å². The van der Waals surface area contributed by atoms with Gasteiger partial charge in [0.05, 0.1) is 6.54 Å². The Bertz CT molecular complexity index is 280. The number of rotatable bonds is 5. The molecule has 0 fully saturated rings. The molecule has 4 heteroatoms. The molecule has 0 aromatic carbocycles. The molecule has 0 spiro atoms. The number of hydrogen-bond acceptors (Lipinski definition) is 4. The highest BCUT2D eigenvalue weighted by molar-refractivity contribution is 4.89. The highest BCUT2D eigenvalue weighted by atomic mass is 16.5. The maximum Gasteiger partial charge on any atom is 0.223 e. The van der Waals surface area contributed by atoms with Crippen LogP contribution in [0.25, 0.3) is 0 Å². The molecule has 0 aliphatic rings. The topological polar surface area (TPSA) is 51.0 Å². The summed E-state index contributed by atoms with van der Waals surface area (Å²) in [6, 6.07) is 0. The summed E-state index contributed by atoms with van der Waals surface area (Å²) in [7, 11) is 0. The van der Waals surface area contributed by atoms with E-state index in [9.17, 15) is 0 Å². The molecular formula is C9H15N3O. The van der Waals surface area contributed by atoms with E-state index in [-0.39, 0.29) is 0 Å². The van der Waals surface area contributed by atoms with E-state index in [0.29, 0.717) is 18.3 Å². The minimum Gasteiger partial charge on any atom is -0.340 e. The second-order valence-electron chi connectivity index (χ2n) is 3.11. The van der Waals surface area contributed by atoms with Gasteiger partial charge in [-0.15, -0.1) is 6.58 Å². The van der Waals surface area contributed by atoms with Gasteiger partial charge in [0.25, 0.3) is 0 Å². The normalized spacial score (nSPS) is 10.3. The molecule has 4 nitrogen and oxygen atoms in total. The van der Waals surface area contributed by atoms with Crippen molar-refractivity contribution < 1.29 is 4.52 Å². The molecule has 1 heterocycles. The molecule has 1 rings (SSSR count). The number of aryl methyl sites for hydroxylation is 1. The van der Waals surface area contributed by atoms with Crippen LogP contribution in [0.15, 0.2) is 16.7 Å². The maximum atomic E-state index is 4.82. The largest absolute Gasteiger partial charge is 0.340 e. The number of aromatic nitrogens is 2. The smallest absolute Gasteiger partial charge is 0.223 e. The average molecular weight is 181 g/mol. The van der Waals surface area contributed by atoms with Crippen molar-refractivity contribution in [1.29, 1.82) is 0 Å². The first-order valence-electron chi connectivity index (χ1n) is 4.33. The van der Waals surface area contributed by atoms with Crippen molar-refractivity contribution in [3.63, 3.8) is 0 Å². The van der Waals surface area contributed by atoms with E-state index >= 15 is 0 Å². The van der Waals surface area contributed by atoms with E-state index < -0.39 is 0 Å². The van der Waals surface area contributed by atoms with Crippen LogP contribution in [0.1, 0.15) is 25.1 Å². The van der Waals surface area contributed by atoms with E-state index in [1.807, 2.05) is 6.92 Å². The van der Waals surface area contributed by atoms with Crippen LogP contribution in [0.3, 0.4) is 0 Å². The lowest BCUT2D eigenvalue weighted by molar-refractivity contribution is 0.385. The van der Waals surface area contributed by atoms with Crippen LogP contribution in [0, 0.1) is 6.92 Å². The summed E-state index contributed by atoms with van der Waals surface area (Å²) >= 11 is 0. The van der Waals surface area contributed by atoms with Gasteiger partial charge in [-0.3, -0.25) is 0 Å². The molecule has 0 unspecified atom stereocenters.